The lowest BCUT2D eigenvalue weighted by Gasteiger charge is -2.43. The van der Waals surface area contributed by atoms with Gasteiger partial charge in [0.1, 0.15) is 17.2 Å². The molecule has 0 bridgehead atoms. The minimum absolute atomic E-state index is 0.00692. The molecule has 1 aromatic carbocycles. The molecule has 1 aliphatic heterocycles. The average Bonchev–Trinajstić information content (AvgIpc) is 2.77. The fraction of sp³-hybridized carbons (Fsp3) is 0.483. The summed E-state index contributed by atoms with van der Waals surface area (Å²) in [6.07, 6.45) is 0.982. The third kappa shape index (κ3) is 5.64. The number of nitrogens with one attached hydrogen (secondary N) is 2. The molecular weight excluding hydrogens is 482 g/mol. The number of ether oxygens (including phenoxy) is 2. The van der Waals surface area contributed by atoms with Crippen LogP contribution in [0, 0.1) is 40.4 Å². The summed E-state index contributed by atoms with van der Waals surface area (Å²) in [6, 6.07) is 7.64. The maximum Gasteiger partial charge on any atom is 0.407 e. The van der Waals surface area contributed by atoms with Crippen LogP contribution in [-0.4, -0.2) is 28.7 Å². The van der Waals surface area contributed by atoms with E-state index in [4.69, 9.17) is 26.4 Å². The van der Waals surface area contributed by atoms with Gasteiger partial charge in [0.05, 0.1) is 12.0 Å². The summed E-state index contributed by atoms with van der Waals surface area (Å²) < 4.78 is 10.7. The second-order valence-electron chi connectivity index (χ2n) is 11.2. The van der Waals surface area contributed by atoms with E-state index in [1.165, 1.54) is 0 Å². The van der Waals surface area contributed by atoms with Gasteiger partial charge in [-0.1, -0.05) is 31.8 Å². The second kappa shape index (κ2) is 10.8. The van der Waals surface area contributed by atoms with Crippen molar-refractivity contribution >= 4 is 12.0 Å². The van der Waals surface area contributed by atoms with Crippen molar-refractivity contribution in [2.75, 3.05) is 0 Å². The molecule has 1 unspecified atom stereocenters. The first-order chi connectivity index (χ1) is 17.7. The number of nitrogens with zero attached hydrogens (tertiary/aromatic N) is 1. The van der Waals surface area contributed by atoms with Gasteiger partial charge in [0.25, 0.3) is 0 Å². The fourth-order valence-corrected chi connectivity index (χ4v) is 5.14. The number of allylic oxidation sites excluding steroid dienone is 2. The van der Waals surface area contributed by atoms with Gasteiger partial charge >= 0.3 is 6.09 Å². The predicted octanol–water partition coefficient (Wildman–Crippen LogP) is 3.66. The van der Waals surface area contributed by atoms with E-state index in [-0.39, 0.29) is 41.8 Å². The monoisotopic (exact) mass is 519 g/mol. The highest BCUT2D eigenvalue weighted by Gasteiger charge is 2.51. The zero-order valence-electron chi connectivity index (χ0n) is 22.9. The van der Waals surface area contributed by atoms with Crippen molar-refractivity contribution in [1.29, 1.82) is 10.7 Å². The number of benzene rings is 1. The van der Waals surface area contributed by atoms with Crippen LogP contribution in [-0.2, 0) is 21.5 Å². The minimum Gasteiger partial charge on any atom is -0.444 e. The number of carbonyl (C=O) groups is 1. The third-order valence-corrected chi connectivity index (χ3v) is 6.76. The molecule has 7 N–H and O–H groups in total. The Morgan fingerprint density at radius 3 is 2.53 bits per heavy atom. The SMILES string of the molecule is C/C(N)=C1/C(=N)OC(N)=C(C#N)C1(c1cc(C#CC2CC(NC(=O)OC(C)(C)C)C2)cc(CO)c1)C(C)C. The van der Waals surface area contributed by atoms with Crippen molar-refractivity contribution in [2.24, 2.45) is 23.3 Å². The van der Waals surface area contributed by atoms with Crippen LogP contribution in [0.4, 0.5) is 4.79 Å². The van der Waals surface area contributed by atoms with E-state index in [2.05, 4.69) is 23.2 Å². The standard InChI is InChI=1S/C29H37N5O4/c1-16(2)29(23(14-30)25(32)37-26(33)24(29)17(3)31)21-10-18(9-20(11-21)15-35)7-8-19-12-22(13-19)34-27(36)38-28(4,5)6/h9-11,16,19,22,33,35H,12-13,15,31-32H2,1-6H3,(H,34,36)/b24-17+,33-26?. The summed E-state index contributed by atoms with van der Waals surface area (Å²) in [5, 5.41) is 31.5. The van der Waals surface area contributed by atoms with Gasteiger partial charge in [-0.3, -0.25) is 5.41 Å². The molecule has 1 fully saturated rings. The van der Waals surface area contributed by atoms with Crippen molar-refractivity contribution < 1.29 is 19.4 Å². The number of carbonyl (C=O) groups excluding carboxylic acids is 1. The Balaban J connectivity index is 1.98. The fourth-order valence-electron chi connectivity index (χ4n) is 5.14. The molecule has 9 heteroatoms. The van der Waals surface area contributed by atoms with Crippen molar-refractivity contribution in [3.8, 4) is 17.9 Å². The number of aliphatic hydroxyl groups excluding tert-OH is 1. The van der Waals surface area contributed by atoms with Crippen LogP contribution in [0.2, 0.25) is 0 Å². The molecule has 0 saturated heterocycles. The molecule has 1 amide bonds. The Labute approximate surface area is 224 Å². The van der Waals surface area contributed by atoms with Gasteiger partial charge in [0.15, 0.2) is 0 Å². The van der Waals surface area contributed by atoms with Crippen LogP contribution >= 0.6 is 0 Å². The Hall–Kier alpha value is -3.95. The summed E-state index contributed by atoms with van der Waals surface area (Å²) in [4.78, 5) is 12.0. The maximum absolute atomic E-state index is 12.0. The third-order valence-electron chi connectivity index (χ3n) is 6.76. The quantitative estimate of drug-likeness (QED) is 0.378. The molecule has 9 nitrogen and oxygen atoms in total. The zero-order chi connectivity index (χ0) is 28.4. The number of rotatable bonds is 4. The molecule has 0 spiro atoms. The molecule has 38 heavy (non-hydrogen) atoms. The van der Waals surface area contributed by atoms with E-state index in [1.807, 2.05) is 40.7 Å². The number of nitriles is 1. The topological polar surface area (TPSA) is 167 Å². The van der Waals surface area contributed by atoms with E-state index in [0.29, 0.717) is 40.8 Å². The van der Waals surface area contributed by atoms with Gasteiger partial charge in [0.2, 0.25) is 11.8 Å². The van der Waals surface area contributed by atoms with Crippen molar-refractivity contribution in [3.05, 3.63) is 57.6 Å². The van der Waals surface area contributed by atoms with E-state index < -0.39 is 17.1 Å². The number of nitrogens with two attached hydrogens (primary N) is 2. The zero-order valence-corrected chi connectivity index (χ0v) is 22.9. The Morgan fingerprint density at radius 1 is 1.34 bits per heavy atom. The molecule has 2 aliphatic rings. The van der Waals surface area contributed by atoms with Gasteiger partial charge in [0, 0.05) is 28.8 Å². The van der Waals surface area contributed by atoms with Gasteiger partial charge in [-0.05, 0) is 69.7 Å². The maximum atomic E-state index is 12.0. The van der Waals surface area contributed by atoms with Crippen LogP contribution in [0.1, 0.15) is 71.1 Å². The molecular formula is C29H37N5O4. The molecule has 1 saturated carbocycles. The number of aliphatic hydroxyl groups is 1. The summed E-state index contributed by atoms with van der Waals surface area (Å²) in [5.41, 5.74) is 13.4. The predicted molar refractivity (Wildman–Crippen MR) is 144 cm³/mol. The van der Waals surface area contributed by atoms with E-state index in [9.17, 15) is 15.2 Å². The smallest absolute Gasteiger partial charge is 0.407 e. The first-order valence-electron chi connectivity index (χ1n) is 12.6. The average molecular weight is 520 g/mol. The van der Waals surface area contributed by atoms with Crippen molar-refractivity contribution in [3.63, 3.8) is 0 Å². The number of amides is 1. The highest BCUT2D eigenvalue weighted by atomic mass is 16.6. The summed E-state index contributed by atoms with van der Waals surface area (Å²) in [5.74, 6) is 5.96. The van der Waals surface area contributed by atoms with Gasteiger partial charge in [-0.2, -0.15) is 5.26 Å². The second-order valence-corrected chi connectivity index (χ2v) is 11.2. The lowest BCUT2D eigenvalue weighted by Crippen LogP contribution is -2.46. The molecule has 1 atom stereocenters. The summed E-state index contributed by atoms with van der Waals surface area (Å²) >= 11 is 0. The largest absolute Gasteiger partial charge is 0.444 e. The van der Waals surface area contributed by atoms with Crippen LogP contribution in [0.5, 0.6) is 0 Å². The number of hydrogen-bond acceptors (Lipinski definition) is 8. The van der Waals surface area contributed by atoms with Crippen LogP contribution in [0.15, 0.2) is 40.9 Å². The Kier molecular flexibility index (Phi) is 8.14. The lowest BCUT2D eigenvalue weighted by molar-refractivity contribution is 0.0467. The van der Waals surface area contributed by atoms with Gasteiger partial charge < -0.3 is 31.4 Å². The van der Waals surface area contributed by atoms with E-state index in [0.717, 1.165) is 0 Å². The van der Waals surface area contributed by atoms with Crippen LogP contribution < -0.4 is 16.8 Å². The first-order valence-corrected chi connectivity index (χ1v) is 12.6. The van der Waals surface area contributed by atoms with E-state index in [1.54, 1.807) is 19.1 Å². The Bertz CT molecular complexity index is 1290. The van der Waals surface area contributed by atoms with Crippen LogP contribution in [0.3, 0.4) is 0 Å². The van der Waals surface area contributed by atoms with Crippen molar-refractivity contribution in [1.82, 2.24) is 5.32 Å². The highest BCUT2D eigenvalue weighted by molar-refractivity contribution is 5.98. The number of alkyl carbamates (subject to hydrolysis) is 1. The summed E-state index contributed by atoms with van der Waals surface area (Å²) in [6.45, 7) is 10.7. The molecule has 1 aromatic rings. The van der Waals surface area contributed by atoms with Crippen LogP contribution in [0.25, 0.3) is 0 Å². The van der Waals surface area contributed by atoms with E-state index >= 15 is 0 Å². The normalized spacial score (nSPS) is 24.4. The molecule has 1 heterocycles. The molecule has 202 valence electrons. The molecule has 0 radical (unpaired) electrons. The summed E-state index contributed by atoms with van der Waals surface area (Å²) in [7, 11) is 0. The number of hydrogen-bond donors (Lipinski definition) is 5. The lowest BCUT2D eigenvalue weighted by atomic mass is 9.60. The molecule has 0 aromatic heterocycles. The van der Waals surface area contributed by atoms with Gasteiger partial charge in [-0.25, -0.2) is 4.79 Å². The molecule has 3 rings (SSSR count). The van der Waals surface area contributed by atoms with Gasteiger partial charge in [-0.15, -0.1) is 0 Å². The molecule has 1 aliphatic carbocycles. The first kappa shape index (κ1) is 28.6. The minimum atomic E-state index is -1.16. The Morgan fingerprint density at radius 2 is 2.00 bits per heavy atom. The van der Waals surface area contributed by atoms with Crippen molar-refractivity contribution in [2.45, 2.75) is 78.0 Å². The highest BCUT2D eigenvalue weighted by Crippen LogP contribution is 2.50.